The summed E-state index contributed by atoms with van der Waals surface area (Å²) in [5.41, 5.74) is -5.92. The fourth-order valence-electron chi connectivity index (χ4n) is 2.60. The SMILES string of the molecule is CCC(C=C(C)C(=O)O)(C[O])C(F)(F)C(F)(F)C(F)(F)C(F)(F)C(F)(F)C(F)(F)C(F)(F)C(F)(F)F.[CH2]C[O]. The Morgan fingerprint density at radius 2 is 0.897 bits per heavy atom. The summed E-state index contributed by atoms with van der Waals surface area (Å²) >= 11 is 0. The minimum Gasteiger partial charge on any atom is -0.478 e. The van der Waals surface area contributed by atoms with Crippen LogP contribution in [0.25, 0.3) is 0 Å². The van der Waals surface area contributed by atoms with Gasteiger partial charge in [0, 0.05) is 5.57 Å². The Hall–Kier alpha value is -2.06. The molecule has 0 rings (SSSR count). The normalized spacial score (nSPS) is 16.8. The lowest BCUT2D eigenvalue weighted by molar-refractivity contribution is -0.465. The highest BCUT2D eigenvalue weighted by atomic mass is 19.4. The van der Waals surface area contributed by atoms with Gasteiger partial charge in [0.15, 0.2) is 0 Å². The van der Waals surface area contributed by atoms with Crippen molar-refractivity contribution in [2.75, 3.05) is 13.2 Å². The molecule has 0 aromatic carbocycles. The van der Waals surface area contributed by atoms with Crippen LogP contribution in [0.4, 0.5) is 74.6 Å². The molecule has 21 heteroatoms. The standard InChI is InChI=1S/C16H12F17O3.C2H4O/c1-3-8(5-34,4-6(2)7(35)36)9(17,18)10(19,20)11(21,22)12(23,24)13(25,26)14(27,28)15(29,30)16(31,32)33;1-2-3/h4H,3,5H2,1-2H3,(H,35,36);1-2H2. The lowest BCUT2D eigenvalue weighted by atomic mass is 9.72. The third kappa shape index (κ3) is 5.74. The first-order valence-electron chi connectivity index (χ1n) is 9.46. The van der Waals surface area contributed by atoms with Crippen LogP contribution in [0.3, 0.4) is 0 Å². The number of carboxylic acid groups (broad SMARTS) is 1. The van der Waals surface area contributed by atoms with E-state index in [1.807, 2.05) is 0 Å². The minimum atomic E-state index is -8.79. The van der Waals surface area contributed by atoms with Crippen molar-refractivity contribution in [2.45, 2.75) is 67.9 Å². The lowest BCUT2D eigenvalue weighted by Crippen LogP contribution is -2.75. The summed E-state index contributed by atoms with van der Waals surface area (Å²) in [6.07, 6.45) is -10.3. The second kappa shape index (κ2) is 11.4. The Morgan fingerprint density at radius 1 is 0.641 bits per heavy atom. The molecule has 0 amide bonds. The zero-order valence-electron chi connectivity index (χ0n) is 19.0. The average Bonchev–Trinajstić information content (AvgIpc) is 2.75. The monoisotopic (exact) mass is 619 g/mol. The molecule has 1 unspecified atom stereocenters. The molecule has 0 aliphatic rings. The number of aliphatic carboxylic acids is 1. The summed E-state index contributed by atoms with van der Waals surface area (Å²) in [5.74, 6) is -60.4. The highest BCUT2D eigenvalue weighted by molar-refractivity contribution is 5.86. The van der Waals surface area contributed by atoms with E-state index >= 15 is 0 Å². The number of hydrogen-bond donors (Lipinski definition) is 1. The van der Waals surface area contributed by atoms with Gasteiger partial charge in [0.2, 0.25) is 0 Å². The van der Waals surface area contributed by atoms with Gasteiger partial charge in [-0.2, -0.15) is 74.6 Å². The van der Waals surface area contributed by atoms with Crippen molar-refractivity contribution >= 4 is 5.97 Å². The van der Waals surface area contributed by atoms with Crippen molar-refractivity contribution in [1.29, 1.82) is 0 Å². The Bertz CT molecular complexity index is 873. The molecule has 0 saturated heterocycles. The van der Waals surface area contributed by atoms with Gasteiger partial charge >= 0.3 is 53.6 Å². The Kier molecular flexibility index (Phi) is 11.5. The second-order valence-corrected chi connectivity index (χ2v) is 7.51. The van der Waals surface area contributed by atoms with Crippen LogP contribution in [0.5, 0.6) is 0 Å². The van der Waals surface area contributed by atoms with Crippen molar-refractivity contribution < 1.29 is 94.8 Å². The predicted octanol–water partition coefficient (Wildman–Crippen LogP) is 7.10. The number of carbonyl (C=O) groups is 1. The van der Waals surface area contributed by atoms with Gasteiger partial charge in [0.25, 0.3) is 0 Å². The Labute approximate surface area is 207 Å². The van der Waals surface area contributed by atoms with E-state index < -0.39 is 83.7 Å². The lowest BCUT2D eigenvalue weighted by Gasteiger charge is -2.46. The van der Waals surface area contributed by atoms with Crippen LogP contribution in [0.2, 0.25) is 0 Å². The molecule has 0 heterocycles. The average molecular weight is 619 g/mol. The fourth-order valence-corrected chi connectivity index (χ4v) is 2.60. The van der Waals surface area contributed by atoms with Crippen molar-refractivity contribution in [2.24, 2.45) is 5.41 Å². The number of halogens is 17. The van der Waals surface area contributed by atoms with Gasteiger partial charge in [-0.05, 0) is 20.3 Å². The van der Waals surface area contributed by atoms with Gasteiger partial charge in [-0.1, -0.05) is 13.0 Å². The maximum absolute atomic E-state index is 14.5. The summed E-state index contributed by atoms with van der Waals surface area (Å²) < 4.78 is 228. The molecule has 0 aliphatic heterocycles. The van der Waals surface area contributed by atoms with Crippen LogP contribution in [-0.4, -0.2) is 71.9 Å². The maximum Gasteiger partial charge on any atom is 0.460 e. The van der Waals surface area contributed by atoms with E-state index in [1.165, 1.54) is 0 Å². The molecular formula is C18H16F17O4. The zero-order chi connectivity index (χ0) is 32.5. The molecule has 0 aromatic heterocycles. The van der Waals surface area contributed by atoms with E-state index in [4.69, 9.17) is 10.2 Å². The van der Waals surface area contributed by atoms with Crippen molar-refractivity contribution in [3.63, 3.8) is 0 Å². The van der Waals surface area contributed by atoms with Crippen molar-refractivity contribution in [3.05, 3.63) is 18.6 Å². The summed E-state index contributed by atoms with van der Waals surface area (Å²) in [6.45, 7) is 0.505. The summed E-state index contributed by atoms with van der Waals surface area (Å²) in [7, 11) is 0. The van der Waals surface area contributed by atoms with Gasteiger partial charge in [0.1, 0.15) is 0 Å². The van der Waals surface area contributed by atoms with E-state index in [1.54, 1.807) is 0 Å². The van der Waals surface area contributed by atoms with Crippen LogP contribution in [-0.2, 0) is 15.0 Å². The smallest absolute Gasteiger partial charge is 0.460 e. The van der Waals surface area contributed by atoms with Crippen LogP contribution >= 0.6 is 0 Å². The Morgan fingerprint density at radius 3 is 1.10 bits per heavy atom. The molecule has 0 saturated carbocycles. The molecule has 1 N–H and O–H groups in total. The van der Waals surface area contributed by atoms with E-state index in [2.05, 4.69) is 6.92 Å². The number of carboxylic acids is 1. The molecule has 0 spiro atoms. The zero-order valence-corrected chi connectivity index (χ0v) is 19.0. The third-order valence-electron chi connectivity index (χ3n) is 5.07. The van der Waals surface area contributed by atoms with E-state index in [0.717, 1.165) is 0 Å². The number of alkyl halides is 17. The van der Waals surface area contributed by atoms with E-state index in [0.29, 0.717) is 0 Å². The molecular weight excluding hydrogens is 603 g/mol. The minimum absolute atomic E-state index is 0.250. The number of rotatable bonds is 11. The molecule has 39 heavy (non-hydrogen) atoms. The highest BCUT2D eigenvalue weighted by Gasteiger charge is 2.96. The molecule has 3 radical (unpaired) electrons. The molecule has 0 aliphatic carbocycles. The van der Waals surface area contributed by atoms with Crippen molar-refractivity contribution in [3.8, 4) is 0 Å². The second-order valence-electron chi connectivity index (χ2n) is 7.51. The molecule has 0 fully saturated rings. The fraction of sp³-hybridized carbons (Fsp3) is 0.778. The predicted molar refractivity (Wildman–Crippen MR) is 91.3 cm³/mol. The first-order chi connectivity index (χ1) is 16.9. The van der Waals surface area contributed by atoms with Gasteiger partial charge in [-0.15, -0.1) is 0 Å². The van der Waals surface area contributed by atoms with Crippen LogP contribution in [0.1, 0.15) is 20.3 Å². The van der Waals surface area contributed by atoms with Crippen LogP contribution < -0.4 is 0 Å². The summed E-state index contributed by atoms with van der Waals surface area (Å²) in [4.78, 5) is 10.7. The molecule has 0 bridgehead atoms. The molecule has 4 nitrogen and oxygen atoms in total. The maximum atomic E-state index is 14.5. The first-order valence-corrected chi connectivity index (χ1v) is 9.46. The summed E-state index contributed by atoms with van der Waals surface area (Å²) in [5, 5.41) is 28.7. The molecule has 1 atom stereocenters. The first kappa shape index (κ1) is 39.1. The highest BCUT2D eigenvalue weighted by Crippen LogP contribution is 2.66. The number of hydrogen-bond acceptors (Lipinski definition) is 1. The van der Waals surface area contributed by atoms with Crippen LogP contribution in [0, 0.1) is 12.3 Å². The topological polar surface area (TPSA) is 77.1 Å². The largest absolute Gasteiger partial charge is 0.478 e. The molecule has 231 valence electrons. The quantitative estimate of drug-likeness (QED) is 0.198. The molecule has 0 aromatic rings. The van der Waals surface area contributed by atoms with Gasteiger partial charge in [0.05, 0.1) is 18.6 Å². The van der Waals surface area contributed by atoms with Gasteiger partial charge in [-0.25, -0.2) is 15.0 Å². The van der Waals surface area contributed by atoms with Crippen LogP contribution in [0.15, 0.2) is 11.6 Å². The summed E-state index contributed by atoms with van der Waals surface area (Å²) in [6, 6.07) is 0. The van der Waals surface area contributed by atoms with E-state index in [-0.39, 0.29) is 20.5 Å². The van der Waals surface area contributed by atoms with E-state index in [9.17, 15) is 84.5 Å². The van der Waals surface area contributed by atoms with Gasteiger partial charge in [-0.3, -0.25) is 0 Å². The van der Waals surface area contributed by atoms with Crippen molar-refractivity contribution in [1.82, 2.24) is 0 Å². The third-order valence-corrected chi connectivity index (χ3v) is 5.07. The Balaban J connectivity index is 0. The van der Waals surface area contributed by atoms with Gasteiger partial charge < -0.3 is 5.11 Å².